The summed E-state index contributed by atoms with van der Waals surface area (Å²) in [5, 5.41) is 18.3. The Balaban J connectivity index is 1.67. The lowest BCUT2D eigenvalue weighted by Gasteiger charge is -2.15. The molecule has 1 aromatic rings. The summed E-state index contributed by atoms with van der Waals surface area (Å²) in [4.78, 5) is 27.8. The number of thiocarbonyl (C=S) groups is 1. The Kier molecular flexibility index (Phi) is 18.9. The zero-order valence-electron chi connectivity index (χ0n) is 23.0. The molecule has 218 valence electrons. The maximum absolute atomic E-state index is 12.9. The van der Waals surface area contributed by atoms with Gasteiger partial charge in [0.2, 0.25) is 0 Å². The third-order valence-electron chi connectivity index (χ3n) is 6.20. The molecule has 1 aliphatic rings. The summed E-state index contributed by atoms with van der Waals surface area (Å²) in [7, 11) is 0. The number of aliphatic hydroxyl groups excluding tert-OH is 2. The second-order valence-electron chi connectivity index (χ2n) is 9.38. The van der Waals surface area contributed by atoms with Gasteiger partial charge in [-0.1, -0.05) is 101 Å². The first-order valence-corrected chi connectivity index (χ1v) is 18.3. The summed E-state index contributed by atoms with van der Waals surface area (Å²) < 4.78 is 0.982. The van der Waals surface area contributed by atoms with Crippen molar-refractivity contribution in [2.75, 3.05) is 30.5 Å². The number of carbonyl (C=O) groups is 2. The standard InChI is InChI=1S/C29H43NO4S5/c1-2-3-4-5-6-7-8-9-10-11-18-38-29(35)39-22-24-14-12-23(13-15-24)21-30-27(33)25(36-19-16-31)26(28(30)34)37-20-17-32/h12-15,31-32H,2-11,16-22H2,1H3. The predicted molar refractivity (Wildman–Crippen MR) is 176 cm³/mol. The van der Waals surface area contributed by atoms with Crippen molar-refractivity contribution in [3.8, 4) is 0 Å². The fraction of sp³-hybridized carbons (Fsp3) is 0.621. The Morgan fingerprint density at radius 2 is 1.21 bits per heavy atom. The number of thioether (sulfide) groups is 4. The molecule has 0 saturated carbocycles. The molecular formula is C29H43NO4S5. The molecular weight excluding hydrogens is 587 g/mol. The van der Waals surface area contributed by atoms with Crippen LogP contribution in [0, 0.1) is 0 Å². The molecule has 1 aromatic carbocycles. The van der Waals surface area contributed by atoms with Crippen LogP contribution in [-0.2, 0) is 21.9 Å². The molecule has 2 amide bonds. The number of carbonyl (C=O) groups excluding carboxylic acids is 2. The van der Waals surface area contributed by atoms with Gasteiger partial charge in [0.05, 0.1) is 29.6 Å². The fourth-order valence-corrected chi connectivity index (χ4v) is 8.11. The quantitative estimate of drug-likeness (QED) is 0.0822. The smallest absolute Gasteiger partial charge is 0.268 e. The van der Waals surface area contributed by atoms with Crippen molar-refractivity contribution in [2.24, 2.45) is 0 Å². The number of imide groups is 1. The van der Waals surface area contributed by atoms with Crippen LogP contribution in [-0.4, -0.2) is 60.9 Å². The monoisotopic (exact) mass is 629 g/mol. The highest BCUT2D eigenvalue weighted by molar-refractivity contribution is 8.46. The van der Waals surface area contributed by atoms with E-state index in [0.29, 0.717) is 21.3 Å². The molecule has 2 N–H and O–H groups in total. The SMILES string of the molecule is CCCCCCCCCCCCSC(=S)SCc1ccc(CN2C(=O)C(SCCO)=C(SCCO)C2=O)cc1. The Bertz CT molecular complexity index is 893. The van der Waals surface area contributed by atoms with E-state index in [4.69, 9.17) is 22.4 Å². The second-order valence-corrected chi connectivity index (χ2v) is 14.9. The largest absolute Gasteiger partial charge is 0.396 e. The summed E-state index contributed by atoms with van der Waals surface area (Å²) >= 11 is 11.4. The Morgan fingerprint density at radius 1 is 0.718 bits per heavy atom. The van der Waals surface area contributed by atoms with Gasteiger partial charge in [-0.25, -0.2) is 0 Å². The lowest BCUT2D eigenvalue weighted by atomic mass is 10.1. The van der Waals surface area contributed by atoms with E-state index in [-0.39, 0.29) is 31.6 Å². The van der Waals surface area contributed by atoms with Crippen LogP contribution in [0.5, 0.6) is 0 Å². The number of unbranched alkanes of at least 4 members (excludes halogenated alkanes) is 9. The van der Waals surface area contributed by atoms with Crippen LogP contribution in [0.2, 0.25) is 0 Å². The minimum Gasteiger partial charge on any atom is -0.396 e. The van der Waals surface area contributed by atoms with Crippen molar-refractivity contribution < 1.29 is 19.8 Å². The first-order chi connectivity index (χ1) is 19.0. The molecule has 10 heteroatoms. The maximum Gasteiger partial charge on any atom is 0.268 e. The van der Waals surface area contributed by atoms with E-state index in [9.17, 15) is 9.59 Å². The van der Waals surface area contributed by atoms with Gasteiger partial charge in [-0.3, -0.25) is 14.5 Å². The molecule has 0 atom stereocenters. The van der Waals surface area contributed by atoms with Crippen LogP contribution in [0.25, 0.3) is 0 Å². The zero-order chi connectivity index (χ0) is 28.3. The lowest BCUT2D eigenvalue weighted by molar-refractivity contribution is -0.137. The Hall–Kier alpha value is -0.490. The zero-order valence-corrected chi connectivity index (χ0v) is 27.1. The van der Waals surface area contributed by atoms with Crippen LogP contribution in [0.15, 0.2) is 34.1 Å². The summed E-state index contributed by atoms with van der Waals surface area (Å²) in [5.41, 5.74) is 2.03. The first-order valence-electron chi connectivity index (χ1n) is 14.0. The molecule has 0 spiro atoms. The molecule has 0 saturated heterocycles. The van der Waals surface area contributed by atoms with Gasteiger partial charge in [0.25, 0.3) is 11.8 Å². The van der Waals surface area contributed by atoms with Gasteiger partial charge in [0, 0.05) is 17.3 Å². The minimum atomic E-state index is -0.330. The van der Waals surface area contributed by atoms with E-state index in [2.05, 4.69) is 6.92 Å². The van der Waals surface area contributed by atoms with Gasteiger partial charge in [0.1, 0.15) is 3.53 Å². The van der Waals surface area contributed by atoms with E-state index >= 15 is 0 Å². The highest BCUT2D eigenvalue weighted by Gasteiger charge is 2.38. The molecule has 0 bridgehead atoms. The number of rotatable bonds is 21. The topological polar surface area (TPSA) is 77.8 Å². The molecule has 0 fully saturated rings. The third kappa shape index (κ3) is 13.4. The van der Waals surface area contributed by atoms with Crippen LogP contribution in [0.3, 0.4) is 0 Å². The van der Waals surface area contributed by atoms with Crippen molar-refractivity contribution in [3.05, 3.63) is 45.2 Å². The van der Waals surface area contributed by atoms with Crippen molar-refractivity contribution in [2.45, 2.75) is 83.4 Å². The minimum absolute atomic E-state index is 0.0751. The van der Waals surface area contributed by atoms with E-state index < -0.39 is 0 Å². The average molecular weight is 630 g/mol. The van der Waals surface area contributed by atoms with Crippen LogP contribution >= 0.6 is 59.3 Å². The second kappa shape index (κ2) is 21.2. The highest BCUT2D eigenvalue weighted by Crippen LogP contribution is 2.37. The van der Waals surface area contributed by atoms with Gasteiger partial charge >= 0.3 is 0 Å². The van der Waals surface area contributed by atoms with Crippen molar-refractivity contribution in [3.63, 3.8) is 0 Å². The van der Waals surface area contributed by atoms with Crippen LogP contribution < -0.4 is 0 Å². The third-order valence-corrected chi connectivity index (χ3v) is 11.3. The predicted octanol–water partition coefficient (Wildman–Crippen LogP) is 7.39. The van der Waals surface area contributed by atoms with Crippen molar-refractivity contribution in [1.29, 1.82) is 0 Å². The number of aliphatic hydroxyl groups is 2. The van der Waals surface area contributed by atoms with Gasteiger partial charge in [-0.05, 0) is 23.3 Å². The molecule has 5 nitrogen and oxygen atoms in total. The molecule has 0 aliphatic carbocycles. The molecule has 1 heterocycles. The highest BCUT2D eigenvalue weighted by atomic mass is 32.2. The molecule has 39 heavy (non-hydrogen) atoms. The normalized spacial score (nSPS) is 13.7. The number of nitrogens with zero attached hydrogens (tertiary/aromatic N) is 1. The van der Waals surface area contributed by atoms with Gasteiger partial charge in [0.15, 0.2) is 0 Å². The van der Waals surface area contributed by atoms with Crippen LogP contribution in [0.4, 0.5) is 0 Å². The molecule has 0 unspecified atom stereocenters. The molecule has 0 radical (unpaired) electrons. The molecule has 1 aliphatic heterocycles. The van der Waals surface area contributed by atoms with Gasteiger partial charge in [-0.2, -0.15) is 0 Å². The summed E-state index contributed by atoms with van der Waals surface area (Å²) in [6.07, 6.45) is 13.4. The lowest BCUT2D eigenvalue weighted by Crippen LogP contribution is -2.31. The Morgan fingerprint density at radius 3 is 1.72 bits per heavy atom. The summed E-state index contributed by atoms with van der Waals surface area (Å²) in [6, 6.07) is 7.96. The number of amides is 2. The Labute approximate surface area is 257 Å². The van der Waals surface area contributed by atoms with Gasteiger partial charge < -0.3 is 10.2 Å². The van der Waals surface area contributed by atoms with Crippen LogP contribution in [0.1, 0.15) is 82.3 Å². The molecule has 2 rings (SSSR count). The maximum atomic E-state index is 12.9. The van der Waals surface area contributed by atoms with E-state index in [1.807, 2.05) is 24.3 Å². The number of hydrogen-bond donors (Lipinski definition) is 2. The summed E-state index contributed by atoms with van der Waals surface area (Å²) in [5.74, 6) is 1.92. The fourth-order valence-electron chi connectivity index (χ4n) is 4.08. The van der Waals surface area contributed by atoms with Gasteiger partial charge in [-0.15, -0.1) is 47.0 Å². The van der Waals surface area contributed by atoms with Crippen molar-refractivity contribution in [1.82, 2.24) is 4.90 Å². The van der Waals surface area contributed by atoms with E-state index in [1.54, 1.807) is 23.5 Å². The number of hydrogen-bond acceptors (Lipinski definition) is 9. The molecule has 0 aromatic heterocycles. The average Bonchev–Trinajstić information content (AvgIpc) is 3.16. The van der Waals surface area contributed by atoms with E-state index in [1.165, 1.54) is 92.6 Å². The summed E-state index contributed by atoms with van der Waals surface area (Å²) in [6.45, 7) is 2.31. The van der Waals surface area contributed by atoms with E-state index in [0.717, 1.165) is 26.2 Å². The van der Waals surface area contributed by atoms with Crippen molar-refractivity contribution >= 4 is 74.6 Å². The number of benzene rings is 1. The first kappa shape index (κ1) is 34.7.